The number of amides is 3. The second kappa shape index (κ2) is 15.3. The molecular weight excluding hydrogens is 554 g/mol. The molecular formula is C33H46F2N4O4. The van der Waals surface area contributed by atoms with Crippen LogP contribution in [-0.4, -0.2) is 78.1 Å². The zero-order chi connectivity index (χ0) is 31.7. The van der Waals surface area contributed by atoms with Crippen molar-refractivity contribution < 1.29 is 27.9 Å². The smallest absolute Gasteiger partial charge is 0.410 e. The number of hydrogen-bond acceptors (Lipinski definition) is 5. The van der Waals surface area contributed by atoms with Gasteiger partial charge in [0.15, 0.2) is 0 Å². The van der Waals surface area contributed by atoms with Gasteiger partial charge in [0.1, 0.15) is 17.2 Å². The van der Waals surface area contributed by atoms with Crippen molar-refractivity contribution >= 4 is 17.9 Å². The molecule has 0 aliphatic carbocycles. The van der Waals surface area contributed by atoms with E-state index in [2.05, 4.69) is 10.6 Å². The van der Waals surface area contributed by atoms with E-state index in [1.165, 1.54) is 12.1 Å². The average Bonchev–Trinajstić information content (AvgIpc) is 2.91. The first-order valence-electron chi connectivity index (χ1n) is 15.2. The maximum absolute atomic E-state index is 14.1. The predicted octanol–water partition coefficient (Wildman–Crippen LogP) is 5.48. The van der Waals surface area contributed by atoms with Crippen molar-refractivity contribution in [1.82, 2.24) is 20.4 Å². The summed E-state index contributed by atoms with van der Waals surface area (Å²) >= 11 is 0. The van der Waals surface area contributed by atoms with Crippen molar-refractivity contribution in [2.75, 3.05) is 32.7 Å². The van der Waals surface area contributed by atoms with Gasteiger partial charge >= 0.3 is 6.09 Å². The molecule has 0 saturated carbocycles. The van der Waals surface area contributed by atoms with E-state index in [1.54, 1.807) is 48.8 Å². The highest BCUT2D eigenvalue weighted by Gasteiger charge is 2.33. The number of nitrogens with zero attached hydrogens (tertiary/aromatic N) is 2. The molecule has 0 spiro atoms. The molecule has 2 aromatic rings. The van der Waals surface area contributed by atoms with Crippen LogP contribution in [0, 0.1) is 18.6 Å². The van der Waals surface area contributed by atoms with E-state index >= 15 is 0 Å². The van der Waals surface area contributed by atoms with Crippen molar-refractivity contribution in [3.8, 4) is 0 Å². The third-order valence-corrected chi connectivity index (χ3v) is 7.14. The number of nitrogens with one attached hydrogen (secondary N) is 2. The summed E-state index contributed by atoms with van der Waals surface area (Å²) in [4.78, 5) is 43.4. The first kappa shape index (κ1) is 34.0. The highest BCUT2D eigenvalue weighted by atomic mass is 19.1. The van der Waals surface area contributed by atoms with Crippen LogP contribution in [0.4, 0.5) is 13.6 Å². The highest BCUT2D eigenvalue weighted by molar-refractivity contribution is 6.00. The minimum Gasteiger partial charge on any atom is -0.444 e. The lowest BCUT2D eigenvalue weighted by molar-refractivity contribution is 0.0102. The van der Waals surface area contributed by atoms with Gasteiger partial charge in [0.2, 0.25) is 0 Å². The Hall–Kier alpha value is -3.53. The first-order chi connectivity index (χ1) is 20.3. The fraction of sp³-hybridized carbons (Fsp3) is 0.545. The summed E-state index contributed by atoms with van der Waals surface area (Å²) < 4.78 is 33.8. The second-order valence-corrected chi connectivity index (χ2v) is 12.3. The molecule has 1 fully saturated rings. The molecule has 1 aliphatic heterocycles. The topological polar surface area (TPSA) is 91.0 Å². The fourth-order valence-electron chi connectivity index (χ4n) is 5.41. The van der Waals surface area contributed by atoms with E-state index in [0.29, 0.717) is 55.8 Å². The van der Waals surface area contributed by atoms with Crippen molar-refractivity contribution in [1.29, 1.82) is 0 Å². The highest BCUT2D eigenvalue weighted by Crippen LogP contribution is 2.20. The van der Waals surface area contributed by atoms with Gasteiger partial charge < -0.3 is 25.2 Å². The molecule has 3 rings (SSSR count). The van der Waals surface area contributed by atoms with Crippen molar-refractivity contribution in [3.05, 3.63) is 70.3 Å². The Morgan fingerprint density at radius 1 is 1.02 bits per heavy atom. The number of hydrogen-bond donors (Lipinski definition) is 2. The third-order valence-electron chi connectivity index (χ3n) is 7.14. The number of piperazine rings is 1. The molecule has 1 heterocycles. The van der Waals surface area contributed by atoms with Crippen LogP contribution in [0.15, 0.2) is 36.4 Å². The van der Waals surface area contributed by atoms with Gasteiger partial charge in [-0.25, -0.2) is 13.6 Å². The van der Waals surface area contributed by atoms with Crippen LogP contribution in [-0.2, 0) is 11.2 Å². The number of benzene rings is 2. The molecule has 0 radical (unpaired) electrons. The summed E-state index contributed by atoms with van der Waals surface area (Å²) in [6, 6.07) is 7.45. The van der Waals surface area contributed by atoms with Crippen LogP contribution in [0.25, 0.3) is 0 Å². The lowest BCUT2D eigenvalue weighted by Crippen LogP contribution is -2.56. The van der Waals surface area contributed by atoms with E-state index in [4.69, 9.17) is 4.74 Å². The van der Waals surface area contributed by atoms with E-state index in [9.17, 15) is 23.2 Å². The molecule has 2 atom stereocenters. The number of ether oxygens (including phenoxy) is 1. The van der Waals surface area contributed by atoms with Crippen LogP contribution >= 0.6 is 0 Å². The number of carbonyl (C=O) groups excluding carboxylic acids is 3. The second-order valence-electron chi connectivity index (χ2n) is 12.3. The van der Waals surface area contributed by atoms with Crippen LogP contribution in [0.5, 0.6) is 0 Å². The summed E-state index contributed by atoms with van der Waals surface area (Å²) in [6.45, 7) is 14.0. The Bertz CT molecular complexity index is 1250. The van der Waals surface area contributed by atoms with Crippen LogP contribution in [0.1, 0.15) is 85.7 Å². The molecule has 1 aliphatic rings. The molecule has 43 heavy (non-hydrogen) atoms. The van der Waals surface area contributed by atoms with E-state index < -0.39 is 35.3 Å². The van der Waals surface area contributed by atoms with Crippen molar-refractivity contribution in [2.45, 2.75) is 84.9 Å². The van der Waals surface area contributed by atoms with Gasteiger partial charge in [-0.3, -0.25) is 9.59 Å². The lowest BCUT2D eigenvalue weighted by Gasteiger charge is -2.38. The SMILES string of the molecule is CCCN(CCC)C(=O)c1cc(C)cc(C(=O)N[C@@H](Cc2cc(F)cc(F)c2)C[C@H]2CNCCN2C(=O)OC(C)(C)C)c1. The molecule has 1 saturated heterocycles. The average molecular weight is 601 g/mol. The normalized spacial score (nSPS) is 16.0. The summed E-state index contributed by atoms with van der Waals surface area (Å²) in [5.74, 6) is -1.96. The molecule has 2 aromatic carbocycles. The van der Waals surface area contributed by atoms with Gasteiger partial charge in [0, 0.05) is 62.0 Å². The molecule has 236 valence electrons. The molecule has 0 unspecified atom stereocenters. The molecule has 10 heteroatoms. The predicted molar refractivity (Wildman–Crippen MR) is 163 cm³/mol. The zero-order valence-electron chi connectivity index (χ0n) is 26.3. The standard InChI is InChI=1S/C33H46F2N4O4/c1-7-10-38(11-8-2)31(41)25-14-22(3)13-24(18-25)30(40)37-28(17-23-15-26(34)19-27(35)16-23)20-29-21-36-9-12-39(29)32(42)43-33(4,5)6/h13-16,18-19,28-29,36H,7-12,17,20-21H2,1-6H3,(H,37,40)/t28-,29-/m0/s1. The minimum absolute atomic E-state index is 0.130. The molecule has 3 amide bonds. The Morgan fingerprint density at radius 2 is 1.65 bits per heavy atom. The Balaban J connectivity index is 1.89. The van der Waals surface area contributed by atoms with E-state index in [0.717, 1.165) is 24.5 Å². The monoisotopic (exact) mass is 600 g/mol. The zero-order valence-corrected chi connectivity index (χ0v) is 26.3. The maximum Gasteiger partial charge on any atom is 0.410 e. The Morgan fingerprint density at radius 3 is 2.26 bits per heavy atom. The molecule has 2 N–H and O–H groups in total. The number of aryl methyl sites for hydroxylation is 1. The maximum atomic E-state index is 14.1. The van der Waals surface area contributed by atoms with Gasteiger partial charge in [0.05, 0.1) is 0 Å². The van der Waals surface area contributed by atoms with Crippen LogP contribution in [0.3, 0.4) is 0 Å². The molecule has 0 bridgehead atoms. The van der Waals surface area contributed by atoms with Gasteiger partial charge in [0.25, 0.3) is 11.8 Å². The number of halogens is 2. The Labute approximate surface area is 254 Å². The first-order valence-corrected chi connectivity index (χ1v) is 15.2. The summed E-state index contributed by atoms with van der Waals surface area (Å²) in [5.41, 5.74) is 1.22. The van der Waals surface area contributed by atoms with Gasteiger partial charge in [-0.15, -0.1) is 0 Å². The molecule has 0 aromatic heterocycles. The third kappa shape index (κ3) is 10.3. The van der Waals surface area contributed by atoms with E-state index in [-0.39, 0.29) is 18.4 Å². The fourth-order valence-corrected chi connectivity index (χ4v) is 5.41. The van der Waals surface area contributed by atoms with E-state index in [1.807, 2.05) is 20.8 Å². The Kier molecular flexibility index (Phi) is 12.1. The van der Waals surface area contributed by atoms with Gasteiger partial charge in [-0.2, -0.15) is 0 Å². The van der Waals surface area contributed by atoms with Gasteiger partial charge in [-0.05, 0) is 94.8 Å². The number of carbonyl (C=O) groups is 3. The summed E-state index contributed by atoms with van der Waals surface area (Å²) in [5, 5.41) is 6.32. The lowest BCUT2D eigenvalue weighted by atomic mass is 9.96. The van der Waals surface area contributed by atoms with Crippen molar-refractivity contribution in [3.63, 3.8) is 0 Å². The summed E-state index contributed by atoms with van der Waals surface area (Å²) in [7, 11) is 0. The molecule has 8 nitrogen and oxygen atoms in total. The largest absolute Gasteiger partial charge is 0.444 e. The van der Waals surface area contributed by atoms with Crippen molar-refractivity contribution in [2.24, 2.45) is 0 Å². The summed E-state index contributed by atoms with van der Waals surface area (Å²) in [6.07, 6.45) is 1.64. The quantitative estimate of drug-likeness (QED) is 0.357. The van der Waals surface area contributed by atoms with Gasteiger partial charge in [-0.1, -0.05) is 13.8 Å². The van der Waals surface area contributed by atoms with Crippen LogP contribution in [0.2, 0.25) is 0 Å². The van der Waals surface area contributed by atoms with Crippen LogP contribution < -0.4 is 10.6 Å². The minimum atomic E-state index is -0.708. The number of rotatable bonds is 11.